The molecule has 0 aromatic heterocycles. The maximum atomic E-state index is 17.4. The first-order chi connectivity index (χ1) is 35.6. The van der Waals surface area contributed by atoms with Crippen molar-refractivity contribution in [3.05, 3.63) is 193 Å². The van der Waals surface area contributed by atoms with Crippen LogP contribution in [-0.4, -0.2) is 12.5 Å². The van der Waals surface area contributed by atoms with Crippen LogP contribution in [0.1, 0.15) is 170 Å². The zero-order valence-corrected chi connectivity index (χ0v) is 46.1. The normalized spacial score (nSPS) is 20.8. The molecule has 402 valence electrons. The van der Waals surface area contributed by atoms with E-state index in [1.165, 1.54) is 0 Å². The van der Waals surface area contributed by atoms with Gasteiger partial charge in [-0.15, -0.1) is 6.32 Å². The average molecular weight is 1070 g/mol. The zero-order valence-electron chi connectivity index (χ0n) is 45.2. The van der Waals surface area contributed by atoms with Crippen LogP contribution in [0.3, 0.4) is 0 Å². The third-order valence-electron chi connectivity index (χ3n) is 16.6. The average Bonchev–Trinajstić information content (AvgIpc) is 3.95. The Bertz CT molecular complexity index is 3070. The maximum absolute atomic E-state index is 17.4. The second-order valence-electron chi connectivity index (χ2n) is 23.5. The monoisotopic (exact) mass is 1070 g/mol. The lowest BCUT2D eigenvalue weighted by atomic mass is 9.24. The van der Waals surface area contributed by atoms with Crippen molar-refractivity contribution in [2.75, 3.05) is 6.16 Å². The Morgan fingerprint density at radius 2 is 0.816 bits per heavy atom. The fourth-order valence-electron chi connectivity index (χ4n) is 13.3. The smallest absolute Gasteiger partial charge is 0.209 e. The summed E-state index contributed by atoms with van der Waals surface area (Å²) in [6.07, 6.45) is -5.86. The Morgan fingerprint density at radius 1 is 0.474 bits per heavy atom. The third-order valence-corrected chi connectivity index (χ3v) is 21.6. The van der Waals surface area contributed by atoms with Crippen molar-refractivity contribution in [1.29, 1.82) is 0 Å². The van der Waals surface area contributed by atoms with Gasteiger partial charge in [0.05, 0.1) is 12.1 Å². The van der Waals surface area contributed by atoms with Crippen LogP contribution >= 0.6 is 7.26 Å². The van der Waals surface area contributed by atoms with Crippen LogP contribution in [0.25, 0.3) is 5.76 Å². The molecule has 14 heteroatoms. The van der Waals surface area contributed by atoms with Crippen LogP contribution in [0.2, 0.25) is 6.32 Å². The van der Waals surface area contributed by atoms with Crippen LogP contribution in [0.15, 0.2) is 90.2 Å². The van der Waals surface area contributed by atoms with E-state index in [4.69, 9.17) is 9.39 Å². The molecule has 0 radical (unpaired) electrons. The Hall–Kier alpha value is -5.39. The molecule has 2 nitrogen and oxygen atoms in total. The predicted octanol–water partition coefficient (Wildman–Crippen LogP) is 16.5. The van der Waals surface area contributed by atoms with Gasteiger partial charge >= 0.3 is 0 Å². The Morgan fingerprint density at radius 3 is 1.16 bits per heavy atom. The van der Waals surface area contributed by atoms with Crippen molar-refractivity contribution in [2.45, 2.75) is 138 Å². The standard InChI is InChI=1S/C62H64BF10O2P/c1-30(2)37-24-40(32(5)6)57(41(25-37)33(7)8)76(58-42(34(9)10)26-38(31(3)4)27-43(58)35(11)12)29-61(13)28-63(44-46(64)50(68)54(72)51(69)47(44)65,45-48(66)52(70)55(73)53(71)49(45)67)75-62(39-22-18-15-19-23-39)60(61)59(76)56(74-62)36-20-16-14-17-21-36/h14-27,30-35,60H,28-29H2,1-13H3/t60-,61+,62+/m1/s1. The second-order valence-corrected chi connectivity index (χ2v) is 26.9. The summed E-state index contributed by atoms with van der Waals surface area (Å²) >= 11 is 0. The predicted molar refractivity (Wildman–Crippen MR) is 286 cm³/mol. The summed E-state index contributed by atoms with van der Waals surface area (Å²) < 4.78 is 179. The van der Waals surface area contributed by atoms with Gasteiger partial charge in [-0.25, -0.2) is 43.9 Å². The summed E-state index contributed by atoms with van der Waals surface area (Å²) in [6.45, 7) is 27.1. The topological polar surface area (TPSA) is 18.5 Å². The van der Waals surface area contributed by atoms with E-state index in [1.807, 2.05) is 12.1 Å². The number of ether oxygens (including phenoxy) is 1. The van der Waals surface area contributed by atoms with Gasteiger partial charge in [-0.05, 0) is 74.3 Å². The number of benzene rings is 6. The van der Waals surface area contributed by atoms with Gasteiger partial charge in [-0.2, -0.15) is 0 Å². The SMILES string of the molecule is CC(C)c1cc(C(C)C)c([P+]2(c3c(C(C)C)cc(C(C)C)cc3C(C)C)C[C@]3(C)C[B-](c4c(F)c(F)c(F)c(F)c4F)(c4c(F)c(F)c(F)c(F)c4F)O[C@]4(c5ccccc5)OC(c5ccccc5)=C2[C@H]34)c(C(C)C)c1. The molecular weight excluding hydrogens is 1010 g/mol. The molecule has 3 atom stereocenters. The van der Waals surface area contributed by atoms with E-state index in [1.54, 1.807) is 55.5 Å². The summed E-state index contributed by atoms with van der Waals surface area (Å²) in [7, 11) is -3.59. The lowest BCUT2D eigenvalue weighted by molar-refractivity contribution is -0.196. The minimum atomic E-state index is -4.86. The molecule has 9 rings (SSSR count). The fraction of sp³-hybridized carbons (Fsp3) is 0.387. The van der Waals surface area contributed by atoms with Gasteiger partial charge in [0.25, 0.3) is 0 Å². The first-order valence-corrected chi connectivity index (χ1v) is 28.3. The Labute approximate surface area is 440 Å². The summed E-state index contributed by atoms with van der Waals surface area (Å²) in [4.78, 5) is 0. The summed E-state index contributed by atoms with van der Waals surface area (Å²) in [5, 5.41) is 2.70. The molecule has 0 amide bonds. The lowest BCUT2D eigenvalue weighted by Gasteiger charge is -2.60. The quantitative estimate of drug-likeness (QED) is 0.0400. The Kier molecular flexibility index (Phi) is 14.2. The van der Waals surface area contributed by atoms with Crippen molar-refractivity contribution in [1.82, 2.24) is 0 Å². The summed E-state index contributed by atoms with van der Waals surface area (Å²) in [5.74, 6) is -29.3. The van der Waals surface area contributed by atoms with Gasteiger partial charge in [0.2, 0.25) is 5.79 Å². The molecule has 0 saturated carbocycles. The molecule has 6 aromatic rings. The van der Waals surface area contributed by atoms with Crippen LogP contribution < -0.4 is 21.5 Å². The van der Waals surface area contributed by atoms with E-state index in [9.17, 15) is 0 Å². The summed E-state index contributed by atoms with van der Waals surface area (Å²) in [6, 6.07) is 25.9. The first kappa shape index (κ1) is 55.4. The molecule has 2 fully saturated rings. The van der Waals surface area contributed by atoms with Crippen LogP contribution in [-0.2, 0) is 15.2 Å². The van der Waals surface area contributed by atoms with E-state index in [2.05, 4.69) is 107 Å². The van der Waals surface area contributed by atoms with Crippen LogP contribution in [0.5, 0.6) is 0 Å². The summed E-state index contributed by atoms with van der Waals surface area (Å²) in [5.41, 5.74) is 1.31. The first-order valence-electron chi connectivity index (χ1n) is 26.3. The minimum Gasteiger partial charge on any atom is -0.544 e. The van der Waals surface area contributed by atoms with E-state index in [0.29, 0.717) is 5.56 Å². The van der Waals surface area contributed by atoms with Gasteiger partial charge in [0, 0.05) is 11.1 Å². The molecular formula is C62H64BF10O2P. The molecule has 3 aliphatic heterocycles. The highest BCUT2D eigenvalue weighted by Gasteiger charge is 2.79. The molecule has 0 aliphatic carbocycles. The molecule has 2 saturated heterocycles. The van der Waals surface area contributed by atoms with E-state index in [0.717, 1.165) is 49.3 Å². The highest BCUT2D eigenvalue weighted by atomic mass is 31.2. The number of hydrogen-bond acceptors (Lipinski definition) is 2. The van der Waals surface area contributed by atoms with Crippen LogP contribution in [0, 0.1) is 69.5 Å². The molecule has 0 bridgehead atoms. The zero-order chi connectivity index (χ0) is 55.6. The van der Waals surface area contributed by atoms with E-state index in [-0.39, 0.29) is 53.0 Å². The second kappa shape index (κ2) is 19.5. The van der Waals surface area contributed by atoms with Gasteiger partial charge in [-0.1, -0.05) is 186 Å². The van der Waals surface area contributed by atoms with Crippen molar-refractivity contribution in [2.24, 2.45) is 11.3 Å². The molecule has 6 aromatic carbocycles. The molecule has 3 heterocycles. The Balaban J connectivity index is 1.62. The van der Waals surface area contributed by atoms with Gasteiger partial charge < -0.3 is 9.39 Å². The van der Waals surface area contributed by atoms with E-state index < -0.39 is 106 Å². The third kappa shape index (κ3) is 8.03. The molecule has 3 aliphatic rings. The van der Waals surface area contributed by atoms with Crippen LogP contribution in [0.4, 0.5) is 43.9 Å². The largest absolute Gasteiger partial charge is 0.544 e. The highest BCUT2D eigenvalue weighted by molar-refractivity contribution is 7.93. The molecule has 0 N–H and O–H groups in total. The van der Waals surface area contributed by atoms with Crippen molar-refractivity contribution in [3.8, 4) is 0 Å². The number of halogens is 10. The van der Waals surface area contributed by atoms with Crippen molar-refractivity contribution < 1.29 is 53.3 Å². The van der Waals surface area contributed by atoms with Crippen molar-refractivity contribution >= 4 is 40.9 Å². The number of hydrogen-bond donors (Lipinski definition) is 0. The maximum Gasteiger partial charge on any atom is 0.209 e. The molecule has 76 heavy (non-hydrogen) atoms. The fourth-order valence-corrected chi connectivity index (χ4v) is 20.3. The lowest BCUT2D eigenvalue weighted by Crippen LogP contribution is -2.74. The van der Waals surface area contributed by atoms with Gasteiger partial charge in [0.15, 0.2) is 47.0 Å². The van der Waals surface area contributed by atoms with Gasteiger partial charge in [0.1, 0.15) is 46.5 Å². The van der Waals surface area contributed by atoms with Crippen molar-refractivity contribution in [3.63, 3.8) is 0 Å². The molecule has 0 unspecified atom stereocenters. The molecule has 0 spiro atoms. The van der Waals surface area contributed by atoms with Gasteiger partial charge in [-0.3, -0.25) is 0 Å². The minimum absolute atomic E-state index is 0.00681. The highest BCUT2D eigenvalue weighted by Crippen LogP contribution is 2.86. The number of rotatable bonds is 12. The van der Waals surface area contributed by atoms with E-state index >= 15 is 43.9 Å².